The predicted molar refractivity (Wildman–Crippen MR) is 96.5 cm³/mol. The van der Waals surface area contributed by atoms with Crippen LogP contribution in [0.2, 0.25) is 0 Å². The van der Waals surface area contributed by atoms with Crippen molar-refractivity contribution < 1.29 is 8.42 Å². The Morgan fingerprint density at radius 2 is 1.96 bits per heavy atom. The number of hydrogen-bond donors (Lipinski definition) is 2. The zero-order chi connectivity index (χ0) is 18.0. The fraction of sp³-hybridized carbons (Fsp3) is 0.294. The predicted octanol–water partition coefficient (Wildman–Crippen LogP) is 1.80. The molecule has 0 atom stereocenters. The highest BCUT2D eigenvalue weighted by Crippen LogP contribution is 2.31. The lowest BCUT2D eigenvalue weighted by Gasteiger charge is -2.07. The molecular weight excluding hydrogens is 338 g/mol. The normalized spacial score (nSPS) is 11.8. The summed E-state index contributed by atoms with van der Waals surface area (Å²) in [4.78, 5) is 4.87. The average molecular weight is 359 g/mol. The number of aryl methyl sites for hydroxylation is 2. The van der Waals surface area contributed by atoms with E-state index in [0.29, 0.717) is 18.6 Å². The van der Waals surface area contributed by atoms with Gasteiger partial charge in [0.2, 0.25) is 9.84 Å². The zero-order valence-corrected chi connectivity index (χ0v) is 15.0. The fourth-order valence-electron chi connectivity index (χ4n) is 2.75. The van der Waals surface area contributed by atoms with Crippen LogP contribution in [0.25, 0.3) is 5.65 Å². The van der Waals surface area contributed by atoms with Crippen molar-refractivity contribution in [1.82, 2.24) is 14.6 Å². The van der Waals surface area contributed by atoms with E-state index in [4.69, 9.17) is 5.73 Å². The van der Waals surface area contributed by atoms with Crippen molar-refractivity contribution in [2.75, 3.05) is 18.9 Å². The van der Waals surface area contributed by atoms with E-state index in [1.807, 2.05) is 13.0 Å². The van der Waals surface area contributed by atoms with Crippen LogP contribution >= 0.6 is 0 Å². The van der Waals surface area contributed by atoms with E-state index in [1.165, 1.54) is 0 Å². The molecule has 1 aromatic carbocycles. The second-order valence-corrected chi connectivity index (χ2v) is 7.65. The van der Waals surface area contributed by atoms with Gasteiger partial charge in [-0.2, -0.15) is 0 Å². The molecule has 132 valence electrons. The van der Waals surface area contributed by atoms with Crippen molar-refractivity contribution in [3.63, 3.8) is 0 Å². The van der Waals surface area contributed by atoms with Crippen molar-refractivity contribution in [2.24, 2.45) is 5.73 Å². The summed E-state index contributed by atoms with van der Waals surface area (Å²) in [5, 5.41) is 7.26. The third-order valence-electron chi connectivity index (χ3n) is 3.97. The van der Waals surface area contributed by atoms with Gasteiger partial charge in [0.15, 0.2) is 16.4 Å². The molecule has 0 radical (unpaired) electrons. The number of fused-ring (bicyclic) bond motifs is 1. The molecule has 2 heterocycles. The number of anilines is 1. The SMILES string of the molecule is CNc1nn2c(C)cc(CCCN)nc2c1S(=O)(=O)c1ccccc1. The maximum atomic E-state index is 13.2. The first kappa shape index (κ1) is 17.4. The number of benzene rings is 1. The number of rotatable bonds is 6. The zero-order valence-electron chi connectivity index (χ0n) is 14.2. The van der Waals surface area contributed by atoms with Gasteiger partial charge in [0, 0.05) is 18.4 Å². The Kier molecular flexibility index (Phi) is 4.73. The quantitative estimate of drug-likeness (QED) is 0.696. The number of aromatic nitrogens is 3. The van der Waals surface area contributed by atoms with Gasteiger partial charge >= 0.3 is 0 Å². The summed E-state index contributed by atoms with van der Waals surface area (Å²) < 4.78 is 27.9. The van der Waals surface area contributed by atoms with Crippen LogP contribution in [-0.2, 0) is 16.3 Å². The molecule has 0 fully saturated rings. The third kappa shape index (κ3) is 3.10. The van der Waals surface area contributed by atoms with E-state index in [1.54, 1.807) is 41.9 Å². The van der Waals surface area contributed by atoms with E-state index in [-0.39, 0.29) is 15.6 Å². The molecule has 25 heavy (non-hydrogen) atoms. The Labute approximate surface area is 146 Å². The van der Waals surface area contributed by atoms with Crippen molar-refractivity contribution in [3.05, 3.63) is 47.8 Å². The van der Waals surface area contributed by atoms with Crippen LogP contribution in [0.3, 0.4) is 0 Å². The molecule has 0 amide bonds. The van der Waals surface area contributed by atoms with E-state index in [9.17, 15) is 8.42 Å². The van der Waals surface area contributed by atoms with E-state index in [2.05, 4.69) is 15.4 Å². The van der Waals surface area contributed by atoms with Crippen molar-refractivity contribution in [1.29, 1.82) is 0 Å². The average Bonchev–Trinajstić information content (AvgIpc) is 3.00. The van der Waals surface area contributed by atoms with Gasteiger partial charge in [0.25, 0.3) is 0 Å². The molecule has 0 aliphatic rings. The Morgan fingerprint density at radius 3 is 2.60 bits per heavy atom. The fourth-order valence-corrected chi connectivity index (χ4v) is 4.27. The van der Waals surface area contributed by atoms with Crippen molar-refractivity contribution in [3.8, 4) is 0 Å². The molecule has 2 aromatic heterocycles. The van der Waals surface area contributed by atoms with Crippen molar-refractivity contribution in [2.45, 2.75) is 29.6 Å². The summed E-state index contributed by atoms with van der Waals surface area (Å²) in [5.41, 5.74) is 7.54. The van der Waals surface area contributed by atoms with Gasteiger partial charge in [-0.25, -0.2) is 17.9 Å². The molecule has 0 unspecified atom stereocenters. The molecule has 3 aromatic rings. The van der Waals surface area contributed by atoms with Crippen LogP contribution in [0.1, 0.15) is 17.8 Å². The van der Waals surface area contributed by atoms with Crippen LogP contribution in [-0.4, -0.2) is 36.6 Å². The number of nitrogens with one attached hydrogen (secondary N) is 1. The van der Waals surface area contributed by atoms with Crippen LogP contribution in [0.15, 0.2) is 46.2 Å². The third-order valence-corrected chi connectivity index (χ3v) is 5.78. The number of hydrogen-bond acceptors (Lipinski definition) is 6. The lowest BCUT2D eigenvalue weighted by Crippen LogP contribution is -2.07. The highest BCUT2D eigenvalue weighted by atomic mass is 32.2. The molecule has 8 heteroatoms. The van der Waals surface area contributed by atoms with E-state index >= 15 is 0 Å². The van der Waals surface area contributed by atoms with Gasteiger partial charge in [0.05, 0.1) is 4.90 Å². The molecule has 7 nitrogen and oxygen atoms in total. The van der Waals surface area contributed by atoms with Gasteiger partial charge in [-0.3, -0.25) is 0 Å². The van der Waals surface area contributed by atoms with Gasteiger partial charge < -0.3 is 11.1 Å². The second-order valence-electron chi connectivity index (χ2n) is 5.76. The number of sulfone groups is 1. The smallest absolute Gasteiger partial charge is 0.214 e. The molecule has 0 saturated heterocycles. The van der Waals surface area contributed by atoms with Gasteiger partial charge in [-0.1, -0.05) is 18.2 Å². The molecule has 0 aliphatic heterocycles. The van der Waals surface area contributed by atoms with Crippen LogP contribution < -0.4 is 11.1 Å². The Bertz CT molecular complexity index is 997. The number of nitrogens with two attached hydrogens (primary N) is 1. The van der Waals surface area contributed by atoms with E-state index in [0.717, 1.165) is 17.8 Å². The Morgan fingerprint density at radius 1 is 1.24 bits per heavy atom. The monoisotopic (exact) mass is 359 g/mol. The first-order valence-electron chi connectivity index (χ1n) is 8.06. The Hall–Kier alpha value is -2.45. The minimum absolute atomic E-state index is 0.0962. The van der Waals surface area contributed by atoms with Crippen molar-refractivity contribution >= 4 is 21.3 Å². The minimum Gasteiger partial charge on any atom is -0.370 e. The molecular formula is C17H21N5O2S. The summed E-state index contributed by atoms with van der Waals surface area (Å²) in [6.07, 6.45) is 1.48. The molecule has 3 N–H and O–H groups in total. The maximum Gasteiger partial charge on any atom is 0.214 e. The highest BCUT2D eigenvalue weighted by molar-refractivity contribution is 7.91. The van der Waals surface area contributed by atoms with Crippen LogP contribution in [0.4, 0.5) is 5.82 Å². The standard InChI is InChI=1S/C17H21N5O2S/c1-12-11-13(7-6-10-18)20-17-15(16(19-2)21-22(12)17)25(23,24)14-8-4-3-5-9-14/h3-5,8-9,11H,6-7,10,18H2,1-2H3,(H,19,21). The molecule has 3 rings (SSSR count). The first-order chi connectivity index (χ1) is 12.0. The second kappa shape index (κ2) is 6.81. The minimum atomic E-state index is -3.75. The topological polar surface area (TPSA) is 102 Å². The molecule has 0 saturated carbocycles. The molecule has 0 bridgehead atoms. The Balaban J connectivity index is 2.27. The summed E-state index contributed by atoms with van der Waals surface area (Å²) in [7, 11) is -2.10. The van der Waals surface area contributed by atoms with E-state index < -0.39 is 9.84 Å². The van der Waals surface area contributed by atoms with Crippen LogP contribution in [0, 0.1) is 6.92 Å². The maximum absolute atomic E-state index is 13.2. The molecule has 0 aliphatic carbocycles. The summed E-state index contributed by atoms with van der Waals surface area (Å²) in [6, 6.07) is 10.2. The highest BCUT2D eigenvalue weighted by Gasteiger charge is 2.28. The lowest BCUT2D eigenvalue weighted by molar-refractivity contribution is 0.597. The first-order valence-corrected chi connectivity index (χ1v) is 9.54. The molecule has 0 spiro atoms. The van der Waals surface area contributed by atoms with Gasteiger partial charge in [-0.15, -0.1) is 5.10 Å². The summed E-state index contributed by atoms with van der Waals surface area (Å²) >= 11 is 0. The van der Waals surface area contributed by atoms with Gasteiger partial charge in [-0.05, 0) is 44.5 Å². The largest absolute Gasteiger partial charge is 0.370 e. The number of nitrogens with zero attached hydrogens (tertiary/aromatic N) is 3. The summed E-state index contributed by atoms with van der Waals surface area (Å²) in [6.45, 7) is 2.44. The summed E-state index contributed by atoms with van der Waals surface area (Å²) in [5.74, 6) is 0.287. The van der Waals surface area contributed by atoms with Crippen LogP contribution in [0.5, 0.6) is 0 Å². The lowest BCUT2D eigenvalue weighted by atomic mass is 10.2. The van der Waals surface area contributed by atoms with Gasteiger partial charge in [0.1, 0.15) is 0 Å².